The standard InChI is InChI=1S/C24H22F3N3O/c25-24(26,27)19-8-6-17(7-9-19)15-20-3-1-4-21(29-20)22-5-2-14-30(22)23(31)16-18-10-12-28-13-11-18/h1,3-4,6-13,22H,2,5,14-16H2/t22-/m0/s1. The fourth-order valence-electron chi connectivity index (χ4n) is 3.95. The van der Waals surface area contributed by atoms with Gasteiger partial charge in [-0.05, 0) is 60.4 Å². The van der Waals surface area contributed by atoms with Crippen molar-refractivity contribution in [1.29, 1.82) is 0 Å². The van der Waals surface area contributed by atoms with E-state index in [1.807, 2.05) is 35.2 Å². The number of nitrogens with zero attached hydrogens (tertiary/aromatic N) is 3. The predicted molar refractivity (Wildman–Crippen MR) is 110 cm³/mol. The maximum Gasteiger partial charge on any atom is 0.416 e. The SMILES string of the molecule is O=C(Cc1ccncc1)N1CCC[C@H]1c1cccc(Cc2ccc(C(F)(F)F)cc2)n1. The number of alkyl halides is 3. The van der Waals surface area contributed by atoms with Gasteiger partial charge >= 0.3 is 6.18 Å². The Morgan fingerprint density at radius 2 is 1.74 bits per heavy atom. The number of carbonyl (C=O) groups is 1. The number of hydrogen-bond donors (Lipinski definition) is 0. The summed E-state index contributed by atoms with van der Waals surface area (Å²) in [5.74, 6) is 0.0589. The van der Waals surface area contributed by atoms with Crippen LogP contribution in [0.4, 0.5) is 13.2 Å². The van der Waals surface area contributed by atoms with Crippen LogP contribution >= 0.6 is 0 Å². The molecule has 0 saturated carbocycles. The van der Waals surface area contributed by atoms with Crippen LogP contribution in [0.5, 0.6) is 0 Å². The molecule has 1 atom stereocenters. The smallest absolute Gasteiger partial charge is 0.334 e. The molecule has 3 heterocycles. The van der Waals surface area contributed by atoms with Crippen molar-refractivity contribution < 1.29 is 18.0 Å². The van der Waals surface area contributed by atoms with E-state index < -0.39 is 11.7 Å². The van der Waals surface area contributed by atoms with Gasteiger partial charge in [0.25, 0.3) is 0 Å². The van der Waals surface area contributed by atoms with Gasteiger partial charge in [-0.2, -0.15) is 13.2 Å². The molecule has 1 amide bonds. The van der Waals surface area contributed by atoms with Crippen LogP contribution in [0.1, 0.15) is 47.0 Å². The minimum atomic E-state index is -4.34. The number of amides is 1. The maximum atomic E-state index is 12.9. The van der Waals surface area contributed by atoms with E-state index in [4.69, 9.17) is 4.98 Å². The second-order valence-electron chi connectivity index (χ2n) is 7.70. The molecule has 0 N–H and O–H groups in total. The van der Waals surface area contributed by atoms with Gasteiger partial charge in [0, 0.05) is 31.1 Å². The highest BCUT2D eigenvalue weighted by Crippen LogP contribution is 2.32. The number of pyridine rings is 2. The van der Waals surface area contributed by atoms with E-state index in [-0.39, 0.29) is 11.9 Å². The Hall–Kier alpha value is -3.22. The molecule has 1 saturated heterocycles. The van der Waals surface area contributed by atoms with E-state index in [0.29, 0.717) is 19.4 Å². The Balaban J connectivity index is 1.47. The van der Waals surface area contributed by atoms with E-state index in [2.05, 4.69) is 4.98 Å². The van der Waals surface area contributed by atoms with Crippen LogP contribution in [0.2, 0.25) is 0 Å². The molecule has 2 aromatic heterocycles. The Morgan fingerprint density at radius 3 is 2.45 bits per heavy atom. The molecule has 0 aliphatic carbocycles. The molecule has 3 aromatic rings. The first-order valence-electron chi connectivity index (χ1n) is 10.2. The molecule has 4 rings (SSSR count). The summed E-state index contributed by atoms with van der Waals surface area (Å²) in [5, 5.41) is 0. The molecule has 7 heteroatoms. The number of halogens is 3. The molecule has 1 aliphatic rings. The lowest BCUT2D eigenvalue weighted by molar-refractivity contribution is -0.137. The number of likely N-dealkylation sites (tertiary alicyclic amines) is 1. The predicted octanol–water partition coefficient (Wildman–Crippen LogP) is 4.99. The van der Waals surface area contributed by atoms with E-state index in [0.717, 1.165) is 47.5 Å². The number of carbonyl (C=O) groups excluding carboxylic acids is 1. The highest BCUT2D eigenvalue weighted by molar-refractivity contribution is 5.79. The van der Waals surface area contributed by atoms with Crippen molar-refractivity contribution >= 4 is 5.91 Å². The summed E-state index contributed by atoms with van der Waals surface area (Å²) in [5.41, 5.74) is 2.62. The van der Waals surface area contributed by atoms with Crippen molar-refractivity contribution in [3.63, 3.8) is 0 Å². The molecule has 0 unspecified atom stereocenters. The van der Waals surface area contributed by atoms with Crippen molar-refractivity contribution in [2.75, 3.05) is 6.54 Å². The number of hydrogen-bond acceptors (Lipinski definition) is 3. The average Bonchev–Trinajstić information content (AvgIpc) is 3.25. The highest BCUT2D eigenvalue weighted by Gasteiger charge is 2.31. The van der Waals surface area contributed by atoms with Gasteiger partial charge in [-0.3, -0.25) is 14.8 Å². The zero-order valence-corrected chi connectivity index (χ0v) is 16.8. The van der Waals surface area contributed by atoms with Crippen molar-refractivity contribution in [2.24, 2.45) is 0 Å². The maximum absolute atomic E-state index is 12.9. The van der Waals surface area contributed by atoms with E-state index in [1.54, 1.807) is 12.4 Å². The molecular weight excluding hydrogens is 403 g/mol. The lowest BCUT2D eigenvalue weighted by Crippen LogP contribution is -2.32. The van der Waals surface area contributed by atoms with Crippen molar-refractivity contribution in [1.82, 2.24) is 14.9 Å². The van der Waals surface area contributed by atoms with E-state index >= 15 is 0 Å². The largest absolute Gasteiger partial charge is 0.416 e. The molecule has 1 aliphatic heterocycles. The third-order valence-electron chi connectivity index (χ3n) is 5.51. The molecule has 31 heavy (non-hydrogen) atoms. The molecule has 0 bridgehead atoms. The van der Waals surface area contributed by atoms with Crippen LogP contribution in [0, 0.1) is 0 Å². The minimum Gasteiger partial charge on any atom is -0.334 e. The molecule has 0 spiro atoms. The van der Waals surface area contributed by atoms with Crippen LogP contribution in [0.15, 0.2) is 67.0 Å². The fraction of sp³-hybridized carbons (Fsp3) is 0.292. The minimum absolute atomic E-state index is 0.0589. The van der Waals surface area contributed by atoms with Crippen LogP contribution in [0.3, 0.4) is 0 Å². The Kier molecular flexibility index (Phi) is 6.02. The van der Waals surface area contributed by atoms with E-state index in [1.165, 1.54) is 12.1 Å². The van der Waals surface area contributed by atoms with Crippen molar-refractivity contribution in [3.8, 4) is 0 Å². The summed E-state index contributed by atoms with van der Waals surface area (Å²) < 4.78 is 38.3. The van der Waals surface area contributed by atoms with Crippen LogP contribution in [-0.2, 0) is 23.8 Å². The number of rotatable bonds is 5. The zero-order valence-electron chi connectivity index (χ0n) is 16.8. The molecule has 1 fully saturated rings. The first-order chi connectivity index (χ1) is 14.9. The Bertz CT molecular complexity index is 1040. The summed E-state index contributed by atoms with van der Waals surface area (Å²) in [4.78, 5) is 23.5. The molecular formula is C24H22F3N3O. The van der Waals surface area contributed by atoms with Crippen LogP contribution < -0.4 is 0 Å². The second-order valence-corrected chi connectivity index (χ2v) is 7.70. The summed E-state index contributed by atoms with van der Waals surface area (Å²) in [7, 11) is 0. The summed E-state index contributed by atoms with van der Waals surface area (Å²) in [6.07, 6.45) is 1.53. The Labute approximate surface area is 178 Å². The number of aromatic nitrogens is 2. The van der Waals surface area contributed by atoms with Crippen molar-refractivity contribution in [2.45, 2.75) is 37.9 Å². The molecule has 0 radical (unpaired) electrons. The van der Waals surface area contributed by atoms with Gasteiger partial charge < -0.3 is 4.90 Å². The third-order valence-corrected chi connectivity index (χ3v) is 5.51. The molecule has 160 valence electrons. The summed E-state index contributed by atoms with van der Waals surface area (Å²) >= 11 is 0. The molecule has 1 aromatic carbocycles. The van der Waals surface area contributed by atoms with Gasteiger partial charge in [0.2, 0.25) is 5.91 Å². The number of benzene rings is 1. The van der Waals surface area contributed by atoms with E-state index in [9.17, 15) is 18.0 Å². The Morgan fingerprint density at radius 1 is 1.00 bits per heavy atom. The first-order valence-corrected chi connectivity index (χ1v) is 10.2. The van der Waals surface area contributed by atoms with Crippen LogP contribution in [0.25, 0.3) is 0 Å². The lowest BCUT2D eigenvalue weighted by atomic mass is 10.0. The third kappa shape index (κ3) is 5.10. The lowest BCUT2D eigenvalue weighted by Gasteiger charge is -2.25. The first kappa shape index (κ1) is 21.0. The second kappa shape index (κ2) is 8.88. The van der Waals surface area contributed by atoms with Gasteiger partial charge in [-0.1, -0.05) is 18.2 Å². The van der Waals surface area contributed by atoms with Crippen LogP contribution in [-0.4, -0.2) is 27.3 Å². The normalized spacial score (nSPS) is 16.5. The molecule has 4 nitrogen and oxygen atoms in total. The van der Waals surface area contributed by atoms with Gasteiger partial charge in [-0.15, -0.1) is 0 Å². The van der Waals surface area contributed by atoms with Gasteiger partial charge in [0.1, 0.15) is 0 Å². The van der Waals surface area contributed by atoms with Gasteiger partial charge in [0.05, 0.1) is 23.7 Å². The zero-order chi connectivity index (χ0) is 21.8. The van der Waals surface area contributed by atoms with Gasteiger partial charge in [0.15, 0.2) is 0 Å². The quantitative estimate of drug-likeness (QED) is 0.578. The topological polar surface area (TPSA) is 46.1 Å². The summed E-state index contributed by atoms with van der Waals surface area (Å²) in [6, 6.07) is 14.4. The highest BCUT2D eigenvalue weighted by atomic mass is 19.4. The monoisotopic (exact) mass is 425 g/mol. The average molecular weight is 425 g/mol. The van der Waals surface area contributed by atoms with Gasteiger partial charge in [-0.25, -0.2) is 0 Å². The fourth-order valence-corrected chi connectivity index (χ4v) is 3.95. The summed E-state index contributed by atoms with van der Waals surface area (Å²) in [6.45, 7) is 0.694. The van der Waals surface area contributed by atoms with Crippen molar-refractivity contribution in [3.05, 3.63) is 95.1 Å².